The zero-order chi connectivity index (χ0) is 13.2. The highest BCUT2D eigenvalue weighted by atomic mass is 79.9. The van der Waals surface area contributed by atoms with Crippen LogP contribution < -0.4 is 4.90 Å². The number of piperidine rings is 1. The fraction of sp³-hybridized carbons (Fsp3) is 0.562. The second-order valence-corrected chi connectivity index (χ2v) is 6.63. The number of benzene rings is 1. The molecule has 1 saturated carbocycles. The van der Waals surface area contributed by atoms with Gasteiger partial charge in [-0.1, -0.05) is 12.8 Å². The third kappa shape index (κ3) is 2.58. The maximum atomic E-state index is 10.8. The van der Waals surface area contributed by atoms with Gasteiger partial charge in [-0.3, -0.25) is 4.79 Å². The molecule has 1 heterocycles. The van der Waals surface area contributed by atoms with E-state index < -0.39 is 0 Å². The molecule has 0 spiro atoms. The van der Waals surface area contributed by atoms with Crippen LogP contribution in [0.4, 0.5) is 5.69 Å². The van der Waals surface area contributed by atoms with Crippen LogP contribution in [0.3, 0.4) is 0 Å². The summed E-state index contributed by atoms with van der Waals surface area (Å²) in [6.07, 6.45) is 9.09. The van der Waals surface area contributed by atoms with Crippen LogP contribution in [-0.2, 0) is 0 Å². The second-order valence-electron chi connectivity index (χ2n) is 5.78. The lowest BCUT2D eigenvalue weighted by molar-refractivity contribution is 0.112. The van der Waals surface area contributed by atoms with E-state index in [2.05, 4.69) is 26.9 Å². The van der Waals surface area contributed by atoms with Gasteiger partial charge in [0, 0.05) is 22.6 Å². The molecular formula is C16H20BrNO. The number of anilines is 1. The largest absolute Gasteiger partial charge is 0.367 e. The third-order valence-corrected chi connectivity index (χ3v) is 5.30. The Kier molecular flexibility index (Phi) is 3.92. The topological polar surface area (TPSA) is 20.3 Å². The van der Waals surface area contributed by atoms with Crippen molar-refractivity contribution in [2.45, 2.75) is 44.6 Å². The van der Waals surface area contributed by atoms with Crippen molar-refractivity contribution in [1.82, 2.24) is 0 Å². The Morgan fingerprint density at radius 1 is 1.16 bits per heavy atom. The zero-order valence-electron chi connectivity index (χ0n) is 11.1. The molecule has 0 aromatic heterocycles. The average Bonchev–Trinajstić information content (AvgIpc) is 2.46. The van der Waals surface area contributed by atoms with E-state index in [1.54, 1.807) is 0 Å². The first-order valence-electron chi connectivity index (χ1n) is 7.31. The molecule has 1 saturated heterocycles. The minimum Gasteiger partial charge on any atom is -0.367 e. The summed E-state index contributed by atoms with van der Waals surface area (Å²) in [4.78, 5) is 13.4. The van der Waals surface area contributed by atoms with E-state index in [9.17, 15) is 4.79 Å². The molecule has 0 radical (unpaired) electrons. The van der Waals surface area contributed by atoms with Crippen molar-refractivity contribution in [1.29, 1.82) is 0 Å². The molecule has 19 heavy (non-hydrogen) atoms. The molecule has 0 N–H and O–H groups in total. The number of halogens is 1. The zero-order valence-corrected chi connectivity index (χ0v) is 12.7. The average molecular weight is 322 g/mol. The lowest BCUT2D eigenvalue weighted by atomic mass is 9.78. The van der Waals surface area contributed by atoms with Gasteiger partial charge in [-0.25, -0.2) is 0 Å². The molecule has 1 aliphatic heterocycles. The molecule has 1 aromatic rings. The predicted molar refractivity (Wildman–Crippen MR) is 81.9 cm³/mol. The first-order valence-corrected chi connectivity index (χ1v) is 8.10. The lowest BCUT2D eigenvalue weighted by Crippen LogP contribution is -2.47. The van der Waals surface area contributed by atoms with Gasteiger partial charge < -0.3 is 4.90 Å². The number of aldehydes is 1. The van der Waals surface area contributed by atoms with Crippen molar-refractivity contribution < 1.29 is 4.79 Å². The van der Waals surface area contributed by atoms with E-state index in [1.165, 1.54) is 44.2 Å². The summed E-state index contributed by atoms with van der Waals surface area (Å²) in [6.45, 7) is 1.15. The molecule has 2 atom stereocenters. The molecular weight excluding hydrogens is 302 g/mol. The van der Waals surface area contributed by atoms with Gasteiger partial charge >= 0.3 is 0 Å². The summed E-state index contributed by atoms with van der Waals surface area (Å²) in [5, 5.41) is 0. The van der Waals surface area contributed by atoms with Crippen LogP contribution in [0.2, 0.25) is 0 Å². The van der Waals surface area contributed by atoms with E-state index in [-0.39, 0.29) is 0 Å². The third-order valence-electron chi connectivity index (χ3n) is 4.66. The molecule has 2 nitrogen and oxygen atoms in total. The Morgan fingerprint density at radius 2 is 1.95 bits per heavy atom. The summed E-state index contributed by atoms with van der Waals surface area (Å²) in [5.41, 5.74) is 2.01. The van der Waals surface area contributed by atoms with Crippen molar-refractivity contribution in [2.75, 3.05) is 11.4 Å². The number of nitrogens with zero attached hydrogens (tertiary/aromatic N) is 1. The van der Waals surface area contributed by atoms with Gasteiger partial charge in [-0.15, -0.1) is 0 Å². The van der Waals surface area contributed by atoms with Crippen LogP contribution in [0, 0.1) is 5.92 Å². The van der Waals surface area contributed by atoms with Crippen molar-refractivity contribution in [3.8, 4) is 0 Å². The van der Waals surface area contributed by atoms with Gasteiger partial charge in [0.2, 0.25) is 0 Å². The van der Waals surface area contributed by atoms with Crippen LogP contribution >= 0.6 is 15.9 Å². The Hall–Kier alpha value is -0.830. The highest BCUT2D eigenvalue weighted by Crippen LogP contribution is 2.40. The smallest absolute Gasteiger partial charge is 0.150 e. The summed E-state index contributed by atoms with van der Waals surface area (Å²) in [5.74, 6) is 0.875. The monoisotopic (exact) mass is 321 g/mol. The van der Waals surface area contributed by atoms with Crippen molar-refractivity contribution in [3.63, 3.8) is 0 Å². The summed E-state index contributed by atoms with van der Waals surface area (Å²) in [7, 11) is 0. The molecule has 2 aliphatic rings. The number of carbonyl (C=O) groups excluding carboxylic acids is 1. The van der Waals surface area contributed by atoms with Gasteiger partial charge in [0.25, 0.3) is 0 Å². The summed E-state index contributed by atoms with van der Waals surface area (Å²) >= 11 is 3.64. The second kappa shape index (κ2) is 5.66. The highest BCUT2D eigenvalue weighted by Gasteiger charge is 2.33. The molecule has 3 heteroatoms. The van der Waals surface area contributed by atoms with E-state index in [1.807, 2.05) is 12.1 Å². The Bertz CT molecular complexity index is 472. The molecule has 0 amide bonds. The van der Waals surface area contributed by atoms with Gasteiger partial charge in [-0.05, 0) is 65.7 Å². The molecule has 102 valence electrons. The van der Waals surface area contributed by atoms with Gasteiger partial charge in [0.05, 0.1) is 5.69 Å². The molecule has 0 bridgehead atoms. The predicted octanol–water partition coefficient (Wildman–Crippen LogP) is 4.42. The van der Waals surface area contributed by atoms with Crippen LogP contribution in [0.25, 0.3) is 0 Å². The fourth-order valence-electron chi connectivity index (χ4n) is 3.75. The Labute approximate surface area is 123 Å². The van der Waals surface area contributed by atoms with E-state index in [0.29, 0.717) is 6.04 Å². The molecule has 3 rings (SSSR count). The fourth-order valence-corrected chi connectivity index (χ4v) is 4.38. The maximum absolute atomic E-state index is 10.8. The number of carbonyl (C=O) groups is 1. The molecule has 1 aromatic carbocycles. The highest BCUT2D eigenvalue weighted by molar-refractivity contribution is 9.10. The van der Waals surface area contributed by atoms with Crippen LogP contribution in [0.1, 0.15) is 48.9 Å². The normalized spacial score (nSPS) is 26.9. The Balaban J connectivity index is 1.89. The lowest BCUT2D eigenvalue weighted by Gasteiger charge is -2.45. The first kappa shape index (κ1) is 13.2. The first-order chi connectivity index (χ1) is 9.29. The van der Waals surface area contributed by atoms with E-state index >= 15 is 0 Å². The van der Waals surface area contributed by atoms with Crippen molar-refractivity contribution in [2.24, 2.45) is 5.92 Å². The summed E-state index contributed by atoms with van der Waals surface area (Å²) < 4.78 is 1.06. The minimum absolute atomic E-state index is 0.709. The number of hydrogen-bond donors (Lipinski definition) is 0. The van der Waals surface area contributed by atoms with Gasteiger partial charge in [0.1, 0.15) is 6.29 Å². The van der Waals surface area contributed by atoms with Crippen molar-refractivity contribution in [3.05, 3.63) is 28.2 Å². The standard InChI is InChI=1S/C16H20BrNO/c17-14-10-12(11-19)7-8-16(14)18-9-3-5-13-4-1-2-6-15(13)18/h7-8,10-11,13,15H,1-6,9H2. The quantitative estimate of drug-likeness (QED) is 0.751. The Morgan fingerprint density at radius 3 is 2.74 bits per heavy atom. The van der Waals surface area contributed by atoms with Crippen LogP contribution in [-0.4, -0.2) is 18.9 Å². The minimum atomic E-state index is 0.709. The molecule has 2 fully saturated rings. The molecule has 1 aliphatic carbocycles. The van der Waals surface area contributed by atoms with Crippen LogP contribution in [0.15, 0.2) is 22.7 Å². The number of hydrogen-bond acceptors (Lipinski definition) is 2. The number of fused-ring (bicyclic) bond motifs is 1. The van der Waals surface area contributed by atoms with Gasteiger partial charge in [-0.2, -0.15) is 0 Å². The van der Waals surface area contributed by atoms with Crippen LogP contribution in [0.5, 0.6) is 0 Å². The SMILES string of the molecule is O=Cc1ccc(N2CCCC3CCCCC32)c(Br)c1. The van der Waals surface area contributed by atoms with E-state index in [4.69, 9.17) is 0 Å². The van der Waals surface area contributed by atoms with Gasteiger partial charge in [0.15, 0.2) is 0 Å². The summed E-state index contributed by atoms with van der Waals surface area (Å²) in [6, 6.07) is 6.68. The van der Waals surface area contributed by atoms with Crippen molar-refractivity contribution >= 4 is 27.9 Å². The molecule has 2 unspecified atom stereocenters. The van der Waals surface area contributed by atoms with E-state index in [0.717, 1.165) is 28.8 Å². The maximum Gasteiger partial charge on any atom is 0.150 e. The number of rotatable bonds is 2.